The van der Waals surface area contributed by atoms with Gasteiger partial charge in [-0.15, -0.1) is 14.1 Å². The van der Waals surface area contributed by atoms with E-state index < -0.39 is 21.5 Å². The molecule has 1 aromatic heterocycles. The molecular formula is C6H11FN4O2S. The van der Waals surface area contributed by atoms with Crippen LogP contribution < -0.4 is 0 Å². The lowest BCUT2D eigenvalue weighted by molar-refractivity contribution is 0.305. The van der Waals surface area contributed by atoms with Crippen LogP contribution in [0.25, 0.3) is 0 Å². The van der Waals surface area contributed by atoms with Gasteiger partial charge in [-0.25, -0.2) is 0 Å². The van der Waals surface area contributed by atoms with Crippen LogP contribution in [-0.2, 0) is 21.5 Å². The van der Waals surface area contributed by atoms with Gasteiger partial charge >= 0.3 is 10.2 Å². The van der Waals surface area contributed by atoms with Crippen LogP contribution in [0.4, 0.5) is 3.89 Å². The molecule has 0 amide bonds. The lowest BCUT2D eigenvalue weighted by atomic mass is 10.1. The normalized spacial score (nSPS) is 13.1. The number of nitrogens with zero attached hydrogens (tertiary/aromatic N) is 4. The highest BCUT2D eigenvalue weighted by Gasteiger charge is 2.19. The number of halogens is 1. The highest BCUT2D eigenvalue weighted by molar-refractivity contribution is 7.85. The fourth-order valence-electron chi connectivity index (χ4n) is 0.739. The second-order valence-electron chi connectivity index (χ2n) is 3.85. The number of aromatic nitrogens is 4. The minimum atomic E-state index is -4.59. The summed E-state index contributed by atoms with van der Waals surface area (Å²) < 4.78 is 32.8. The Morgan fingerprint density at radius 1 is 1.43 bits per heavy atom. The molecule has 80 valence electrons. The Morgan fingerprint density at radius 3 is 2.36 bits per heavy atom. The van der Waals surface area contributed by atoms with E-state index in [0.717, 1.165) is 0 Å². The molecule has 6 nitrogen and oxygen atoms in total. The molecule has 1 aromatic rings. The largest absolute Gasteiger partial charge is 0.309 e. The van der Waals surface area contributed by atoms with Crippen molar-refractivity contribution in [1.82, 2.24) is 20.2 Å². The SMILES string of the molecule is CC(C)(C)n1nnc(CS(=O)(=O)F)n1. The van der Waals surface area contributed by atoms with Crippen molar-refractivity contribution < 1.29 is 12.3 Å². The van der Waals surface area contributed by atoms with Crippen LogP contribution in [-0.4, -0.2) is 28.6 Å². The molecule has 0 aromatic carbocycles. The van der Waals surface area contributed by atoms with E-state index in [4.69, 9.17) is 0 Å². The summed E-state index contributed by atoms with van der Waals surface area (Å²) in [5, 5.41) is 10.8. The maximum atomic E-state index is 12.2. The Hall–Kier alpha value is -1.05. The van der Waals surface area contributed by atoms with Gasteiger partial charge in [0.05, 0.1) is 5.54 Å². The first-order valence-corrected chi connectivity index (χ1v) is 5.45. The Bertz CT molecular complexity index is 419. The van der Waals surface area contributed by atoms with E-state index >= 15 is 0 Å². The van der Waals surface area contributed by atoms with Crippen molar-refractivity contribution in [2.75, 3.05) is 0 Å². The summed E-state index contributed by atoms with van der Waals surface area (Å²) >= 11 is 0. The minimum Gasteiger partial charge on any atom is -0.194 e. The Morgan fingerprint density at radius 2 is 2.00 bits per heavy atom. The predicted molar refractivity (Wildman–Crippen MR) is 46.5 cm³/mol. The standard InChI is InChI=1S/C6H11FN4O2S/c1-6(2,3)11-9-5(8-10-11)4-14(7,12)13/h4H2,1-3H3. The Kier molecular flexibility index (Phi) is 2.57. The molecule has 1 heterocycles. The van der Waals surface area contributed by atoms with Gasteiger partial charge in [0.1, 0.15) is 5.75 Å². The summed E-state index contributed by atoms with van der Waals surface area (Å²) in [5.74, 6) is -0.967. The topological polar surface area (TPSA) is 77.7 Å². The maximum absolute atomic E-state index is 12.2. The number of tetrazole rings is 1. The number of hydrogen-bond donors (Lipinski definition) is 0. The zero-order valence-electron chi connectivity index (χ0n) is 8.10. The predicted octanol–water partition coefficient (Wildman–Crippen LogP) is 0.227. The molecule has 8 heteroatoms. The van der Waals surface area contributed by atoms with Crippen molar-refractivity contribution in [3.63, 3.8) is 0 Å². The second kappa shape index (κ2) is 3.26. The third-order valence-electron chi connectivity index (χ3n) is 1.36. The zero-order valence-corrected chi connectivity index (χ0v) is 8.92. The minimum absolute atomic E-state index is 0.137. The first-order chi connectivity index (χ1) is 6.18. The van der Waals surface area contributed by atoms with Crippen molar-refractivity contribution in [2.24, 2.45) is 0 Å². The van der Waals surface area contributed by atoms with Gasteiger partial charge in [0.2, 0.25) is 0 Å². The third-order valence-corrected chi connectivity index (χ3v) is 1.96. The summed E-state index contributed by atoms with van der Waals surface area (Å²) in [5.41, 5.74) is -0.397. The number of hydrogen-bond acceptors (Lipinski definition) is 5. The molecule has 0 unspecified atom stereocenters. The second-order valence-corrected chi connectivity index (χ2v) is 5.22. The van der Waals surface area contributed by atoms with Gasteiger partial charge in [-0.2, -0.15) is 13.2 Å². The fraction of sp³-hybridized carbons (Fsp3) is 0.833. The zero-order chi connectivity index (χ0) is 11.0. The maximum Gasteiger partial charge on any atom is 0.309 e. The van der Waals surface area contributed by atoms with E-state index in [1.807, 2.05) is 20.8 Å². The van der Waals surface area contributed by atoms with Gasteiger partial charge in [0, 0.05) is 0 Å². The van der Waals surface area contributed by atoms with Gasteiger partial charge in [-0.1, -0.05) is 0 Å². The van der Waals surface area contributed by atoms with Gasteiger partial charge in [-0.05, 0) is 26.0 Å². The molecule has 0 bridgehead atoms. The molecule has 0 N–H and O–H groups in total. The first-order valence-electron chi connectivity index (χ1n) is 3.90. The summed E-state index contributed by atoms with van der Waals surface area (Å²) in [6, 6.07) is 0. The fourth-order valence-corrected chi connectivity index (χ4v) is 1.16. The molecule has 0 aliphatic rings. The van der Waals surface area contributed by atoms with Crippen molar-refractivity contribution in [3.8, 4) is 0 Å². The molecule has 0 spiro atoms. The van der Waals surface area contributed by atoms with E-state index in [9.17, 15) is 12.3 Å². The van der Waals surface area contributed by atoms with E-state index in [1.165, 1.54) is 4.80 Å². The molecule has 0 aliphatic carbocycles. The van der Waals surface area contributed by atoms with Crippen LogP contribution >= 0.6 is 0 Å². The quantitative estimate of drug-likeness (QED) is 0.669. The summed E-state index contributed by atoms with van der Waals surface area (Å²) in [4.78, 5) is 1.24. The van der Waals surface area contributed by atoms with Crippen molar-refractivity contribution in [1.29, 1.82) is 0 Å². The lowest BCUT2D eigenvalue weighted by Gasteiger charge is -2.15. The Labute approximate surface area is 81.3 Å². The van der Waals surface area contributed by atoms with Crippen LogP contribution in [0.1, 0.15) is 26.6 Å². The monoisotopic (exact) mass is 222 g/mol. The molecule has 0 atom stereocenters. The molecule has 0 fully saturated rings. The summed E-state index contributed by atoms with van der Waals surface area (Å²) in [7, 11) is -4.59. The van der Waals surface area contributed by atoms with Gasteiger partial charge < -0.3 is 0 Å². The molecular weight excluding hydrogens is 211 g/mol. The molecule has 1 rings (SSSR count). The summed E-state index contributed by atoms with van der Waals surface area (Å²) in [6.07, 6.45) is 0. The Balaban J connectivity index is 2.90. The van der Waals surface area contributed by atoms with E-state index in [2.05, 4.69) is 15.4 Å². The van der Waals surface area contributed by atoms with Crippen molar-refractivity contribution >= 4 is 10.2 Å². The van der Waals surface area contributed by atoms with Crippen molar-refractivity contribution in [3.05, 3.63) is 5.82 Å². The van der Waals surface area contributed by atoms with Crippen LogP contribution in [0, 0.1) is 0 Å². The lowest BCUT2D eigenvalue weighted by Crippen LogP contribution is -2.24. The van der Waals surface area contributed by atoms with E-state index in [0.29, 0.717) is 0 Å². The average Bonchev–Trinajstić information content (AvgIpc) is 2.29. The highest BCUT2D eigenvalue weighted by Crippen LogP contribution is 2.10. The van der Waals surface area contributed by atoms with E-state index in [1.54, 1.807) is 0 Å². The average molecular weight is 222 g/mol. The molecule has 0 saturated heterocycles. The van der Waals surface area contributed by atoms with Crippen LogP contribution in [0.15, 0.2) is 0 Å². The molecule has 0 saturated carbocycles. The van der Waals surface area contributed by atoms with Crippen LogP contribution in [0.5, 0.6) is 0 Å². The van der Waals surface area contributed by atoms with Crippen LogP contribution in [0.3, 0.4) is 0 Å². The molecule has 0 radical (unpaired) electrons. The van der Waals surface area contributed by atoms with Crippen molar-refractivity contribution in [2.45, 2.75) is 32.1 Å². The van der Waals surface area contributed by atoms with E-state index in [-0.39, 0.29) is 5.82 Å². The molecule has 14 heavy (non-hydrogen) atoms. The smallest absolute Gasteiger partial charge is 0.194 e. The van der Waals surface area contributed by atoms with Gasteiger partial charge in [-0.3, -0.25) is 0 Å². The number of rotatable bonds is 2. The van der Waals surface area contributed by atoms with Gasteiger partial charge in [0.25, 0.3) is 0 Å². The van der Waals surface area contributed by atoms with Gasteiger partial charge in [0.15, 0.2) is 5.82 Å². The highest BCUT2D eigenvalue weighted by atomic mass is 32.3. The third kappa shape index (κ3) is 3.02. The first kappa shape index (κ1) is 11.0. The summed E-state index contributed by atoms with van der Waals surface area (Å²) in [6.45, 7) is 5.47. The molecule has 0 aliphatic heterocycles. The van der Waals surface area contributed by atoms with Crippen LogP contribution in [0.2, 0.25) is 0 Å².